The molecule has 0 radical (unpaired) electrons. The molecule has 1 aliphatic heterocycles. The van der Waals surface area contributed by atoms with Crippen molar-refractivity contribution < 1.29 is 9.59 Å². The largest absolute Gasteiger partial charge is 0.269 e. The molecule has 6 rings (SSSR count). The molecule has 5 aromatic carbocycles. The zero-order valence-corrected chi connectivity index (χ0v) is 16.4. The van der Waals surface area contributed by atoms with Crippen LogP contribution >= 0.6 is 0 Å². The Bertz CT molecular complexity index is 1580. The number of anilines is 1. The minimum absolute atomic E-state index is 0.322. The number of hydrogen-bond donors (Lipinski definition) is 0. The van der Waals surface area contributed by atoms with Crippen LogP contribution in [0.2, 0.25) is 0 Å². The van der Waals surface area contributed by atoms with E-state index in [0.717, 1.165) is 21.4 Å². The van der Waals surface area contributed by atoms with Crippen LogP contribution in [0.15, 0.2) is 91.0 Å². The third-order valence-electron chi connectivity index (χ3n) is 5.80. The summed E-state index contributed by atoms with van der Waals surface area (Å²) in [6.45, 7) is 0. The van der Waals surface area contributed by atoms with Crippen LogP contribution in [0.1, 0.15) is 11.1 Å². The van der Waals surface area contributed by atoms with Crippen molar-refractivity contribution in [1.82, 2.24) is 0 Å². The maximum Gasteiger partial charge on any atom is 0.258 e. The van der Waals surface area contributed by atoms with Gasteiger partial charge in [-0.05, 0) is 62.6 Å². The highest BCUT2D eigenvalue weighted by atomic mass is 16.2. The molecule has 3 heteroatoms. The quantitative estimate of drug-likeness (QED) is 0.215. The van der Waals surface area contributed by atoms with E-state index in [4.69, 9.17) is 0 Å². The van der Waals surface area contributed by atoms with Crippen molar-refractivity contribution in [2.24, 2.45) is 0 Å². The fraction of sp³-hybridized carbons (Fsp3) is 0. The third kappa shape index (κ3) is 2.70. The van der Waals surface area contributed by atoms with Crippen molar-refractivity contribution >= 4 is 49.8 Å². The smallest absolute Gasteiger partial charge is 0.258 e. The van der Waals surface area contributed by atoms with Crippen molar-refractivity contribution in [3.63, 3.8) is 0 Å². The summed E-state index contributed by atoms with van der Waals surface area (Å²) in [5, 5.41) is 7.34. The summed E-state index contributed by atoms with van der Waals surface area (Å²) in [4.78, 5) is 24.8. The number of rotatable bonds is 1. The van der Waals surface area contributed by atoms with Crippen LogP contribution < -0.4 is 4.90 Å². The molecular weight excluding hydrogens is 382 g/mol. The lowest BCUT2D eigenvalue weighted by atomic mass is 9.92. The van der Waals surface area contributed by atoms with Crippen molar-refractivity contribution in [2.75, 3.05) is 4.90 Å². The van der Waals surface area contributed by atoms with Gasteiger partial charge >= 0.3 is 0 Å². The average molecular weight is 397 g/mol. The Balaban J connectivity index is 1.42. The molecular formula is C28H15NO2. The van der Waals surface area contributed by atoms with Gasteiger partial charge in [-0.1, -0.05) is 60.4 Å². The van der Waals surface area contributed by atoms with E-state index in [2.05, 4.69) is 66.4 Å². The number of nitrogens with zero attached hydrogens (tertiary/aromatic N) is 1. The van der Waals surface area contributed by atoms with Crippen LogP contribution in [-0.2, 0) is 9.59 Å². The molecule has 144 valence electrons. The van der Waals surface area contributed by atoms with E-state index in [1.165, 1.54) is 39.1 Å². The van der Waals surface area contributed by atoms with Gasteiger partial charge in [0.1, 0.15) is 0 Å². The Hall–Kier alpha value is -4.42. The van der Waals surface area contributed by atoms with Crippen molar-refractivity contribution in [1.29, 1.82) is 0 Å². The van der Waals surface area contributed by atoms with Gasteiger partial charge in [-0.15, -0.1) is 0 Å². The number of carbonyl (C=O) groups is 2. The van der Waals surface area contributed by atoms with Gasteiger partial charge < -0.3 is 0 Å². The van der Waals surface area contributed by atoms with E-state index in [1.807, 2.05) is 12.1 Å². The number of carbonyl (C=O) groups excluding carboxylic acids is 2. The van der Waals surface area contributed by atoms with Crippen LogP contribution in [-0.4, -0.2) is 11.8 Å². The van der Waals surface area contributed by atoms with Gasteiger partial charge in [0.25, 0.3) is 11.8 Å². The van der Waals surface area contributed by atoms with E-state index in [1.54, 1.807) is 12.1 Å². The molecule has 0 spiro atoms. The summed E-state index contributed by atoms with van der Waals surface area (Å²) in [6, 6.07) is 26.4. The second-order valence-corrected chi connectivity index (χ2v) is 7.61. The molecule has 0 aliphatic carbocycles. The zero-order valence-electron chi connectivity index (χ0n) is 16.4. The molecule has 0 fully saturated rings. The van der Waals surface area contributed by atoms with Crippen LogP contribution in [0.5, 0.6) is 0 Å². The van der Waals surface area contributed by atoms with Gasteiger partial charge in [0.15, 0.2) is 0 Å². The van der Waals surface area contributed by atoms with Gasteiger partial charge in [-0.2, -0.15) is 0 Å². The number of amides is 2. The molecule has 0 bridgehead atoms. The van der Waals surface area contributed by atoms with E-state index >= 15 is 0 Å². The van der Waals surface area contributed by atoms with Crippen LogP contribution in [0.4, 0.5) is 5.69 Å². The van der Waals surface area contributed by atoms with Crippen molar-refractivity contribution in [3.05, 3.63) is 102 Å². The number of hydrogen-bond acceptors (Lipinski definition) is 2. The first-order valence-electron chi connectivity index (χ1n) is 10.0. The Labute approximate surface area is 178 Å². The van der Waals surface area contributed by atoms with Gasteiger partial charge in [0.2, 0.25) is 0 Å². The lowest BCUT2D eigenvalue weighted by molar-refractivity contribution is -0.119. The fourth-order valence-electron chi connectivity index (χ4n) is 4.33. The molecule has 0 N–H and O–H groups in total. The third-order valence-corrected chi connectivity index (χ3v) is 5.80. The van der Waals surface area contributed by atoms with Gasteiger partial charge in [0.05, 0.1) is 5.69 Å². The van der Waals surface area contributed by atoms with Crippen LogP contribution in [0.25, 0.3) is 32.3 Å². The maximum absolute atomic E-state index is 11.8. The predicted molar refractivity (Wildman–Crippen MR) is 124 cm³/mol. The Kier molecular flexibility index (Phi) is 3.68. The van der Waals surface area contributed by atoms with Gasteiger partial charge in [-0.3, -0.25) is 9.59 Å². The second-order valence-electron chi connectivity index (χ2n) is 7.61. The molecule has 0 aromatic heterocycles. The van der Waals surface area contributed by atoms with Crippen molar-refractivity contribution in [3.8, 4) is 11.8 Å². The lowest BCUT2D eigenvalue weighted by Crippen LogP contribution is -2.29. The summed E-state index contributed by atoms with van der Waals surface area (Å²) in [7, 11) is 0. The number of benzene rings is 5. The first kappa shape index (κ1) is 17.4. The molecule has 1 aliphatic rings. The minimum Gasteiger partial charge on any atom is -0.269 e. The molecule has 0 saturated heterocycles. The average Bonchev–Trinajstić information content (AvgIpc) is 3.14. The SMILES string of the molecule is O=C1C=CC(=O)N1c1ccc(C#Cc2ccc3ccc4cccc5ccc2c3c45)cc1. The van der Waals surface area contributed by atoms with Crippen LogP contribution in [0, 0.1) is 11.8 Å². The van der Waals surface area contributed by atoms with E-state index in [9.17, 15) is 9.59 Å². The molecule has 0 atom stereocenters. The molecule has 1 heterocycles. The molecule has 5 aromatic rings. The van der Waals surface area contributed by atoms with Gasteiger partial charge in [-0.25, -0.2) is 4.90 Å². The standard InChI is InChI=1S/C28H15NO2/c30-25-16-17-26(31)29(25)23-13-5-18(6-14-23)4-7-19-8-9-22-11-10-20-2-1-3-21-12-15-24(19)28(22)27(20)21/h1-3,5-6,8-17H. The highest BCUT2D eigenvalue weighted by molar-refractivity contribution is 6.28. The van der Waals surface area contributed by atoms with Crippen LogP contribution in [0.3, 0.4) is 0 Å². The molecule has 3 nitrogen and oxygen atoms in total. The molecule has 31 heavy (non-hydrogen) atoms. The van der Waals surface area contributed by atoms with E-state index in [0.29, 0.717) is 5.69 Å². The predicted octanol–water partition coefficient (Wildman–Crippen LogP) is 5.41. The zero-order chi connectivity index (χ0) is 20.9. The summed E-state index contributed by atoms with van der Waals surface area (Å²) in [5.41, 5.74) is 2.35. The second kappa shape index (κ2) is 6.55. The minimum atomic E-state index is -0.322. The van der Waals surface area contributed by atoms with Gasteiger partial charge in [0, 0.05) is 23.3 Å². The Morgan fingerprint density at radius 1 is 0.581 bits per heavy atom. The van der Waals surface area contributed by atoms with E-state index in [-0.39, 0.29) is 11.8 Å². The first-order chi connectivity index (χ1) is 15.2. The fourth-order valence-corrected chi connectivity index (χ4v) is 4.33. The normalized spacial score (nSPS) is 13.5. The first-order valence-corrected chi connectivity index (χ1v) is 10.0. The molecule has 0 saturated carbocycles. The lowest BCUT2D eigenvalue weighted by Gasteiger charge is -2.13. The Morgan fingerprint density at radius 2 is 1.19 bits per heavy atom. The summed E-state index contributed by atoms with van der Waals surface area (Å²) >= 11 is 0. The summed E-state index contributed by atoms with van der Waals surface area (Å²) < 4.78 is 0. The topological polar surface area (TPSA) is 37.4 Å². The maximum atomic E-state index is 11.8. The molecule has 2 amide bonds. The monoisotopic (exact) mass is 397 g/mol. The van der Waals surface area contributed by atoms with E-state index < -0.39 is 0 Å². The molecule has 0 unspecified atom stereocenters. The number of imide groups is 1. The highest BCUT2D eigenvalue weighted by Crippen LogP contribution is 2.35. The Morgan fingerprint density at radius 3 is 1.90 bits per heavy atom. The highest BCUT2D eigenvalue weighted by Gasteiger charge is 2.24. The summed E-state index contributed by atoms with van der Waals surface area (Å²) in [6.07, 6.45) is 2.56. The van der Waals surface area contributed by atoms with Crippen molar-refractivity contribution in [2.45, 2.75) is 0 Å². The summed E-state index contributed by atoms with van der Waals surface area (Å²) in [5.74, 6) is 5.89.